The maximum Gasteiger partial charge on any atom is 0.326 e. The van der Waals surface area contributed by atoms with Gasteiger partial charge in [0, 0.05) is 29.9 Å². The van der Waals surface area contributed by atoms with Crippen LogP contribution in [0.3, 0.4) is 0 Å². The lowest BCUT2D eigenvalue weighted by molar-refractivity contribution is -0.139. The predicted molar refractivity (Wildman–Crippen MR) is 135 cm³/mol. The first kappa shape index (κ1) is 24.1. The van der Waals surface area contributed by atoms with Crippen LogP contribution >= 0.6 is 11.5 Å². The minimum atomic E-state index is -1.08. The highest BCUT2D eigenvalue weighted by atomic mass is 32.1. The highest BCUT2D eigenvalue weighted by Crippen LogP contribution is 2.21. The Morgan fingerprint density at radius 2 is 1.83 bits per heavy atom. The molecule has 0 aliphatic carbocycles. The summed E-state index contributed by atoms with van der Waals surface area (Å²) in [6, 6.07) is 10.2. The molecule has 4 N–H and O–H groups in total. The molecule has 0 spiro atoms. The van der Waals surface area contributed by atoms with Crippen molar-refractivity contribution >= 4 is 29.4 Å². The third kappa shape index (κ3) is 5.90. The Hall–Kier alpha value is -4.05. The van der Waals surface area contributed by atoms with E-state index in [0.29, 0.717) is 23.9 Å². The van der Waals surface area contributed by atoms with Crippen molar-refractivity contribution in [3.05, 3.63) is 81.6 Å². The van der Waals surface area contributed by atoms with Gasteiger partial charge < -0.3 is 20.7 Å². The van der Waals surface area contributed by atoms with E-state index in [0.717, 1.165) is 32.8 Å². The van der Waals surface area contributed by atoms with Crippen LogP contribution in [0.15, 0.2) is 48.8 Å². The van der Waals surface area contributed by atoms with E-state index >= 15 is 0 Å². The minimum Gasteiger partial charge on any atom is -0.480 e. The Morgan fingerprint density at radius 3 is 2.46 bits per heavy atom. The molecule has 35 heavy (non-hydrogen) atoms. The maximum absolute atomic E-state index is 12.9. The first-order valence-corrected chi connectivity index (χ1v) is 11.8. The number of nitrogens with one attached hydrogen (secondary N) is 3. The first-order chi connectivity index (χ1) is 16.8. The van der Waals surface area contributed by atoms with Gasteiger partial charge in [-0.05, 0) is 49.0 Å². The van der Waals surface area contributed by atoms with Crippen LogP contribution in [-0.2, 0) is 17.8 Å². The standard InChI is InChI=1S/C25H26N6O3S/c1-14-10-15(2)21(16(3)11-14)23(32)29-19(24(33)34)12-17-4-6-18(7-5-17)22-30-20(35-31-22)13-28-25-26-8-9-27-25/h4-11,19H,12-13H2,1-3H3,(H,29,32)(H,33,34)(H2,26,27,28). The number of aryl methyl sites for hydroxylation is 3. The number of carboxylic acid groups (broad SMARTS) is 1. The third-order valence-electron chi connectivity index (χ3n) is 5.53. The zero-order valence-electron chi connectivity index (χ0n) is 19.6. The first-order valence-electron chi connectivity index (χ1n) is 11.1. The van der Waals surface area contributed by atoms with Crippen molar-refractivity contribution in [3.63, 3.8) is 0 Å². The van der Waals surface area contributed by atoms with E-state index in [4.69, 9.17) is 0 Å². The van der Waals surface area contributed by atoms with Gasteiger partial charge in [0.1, 0.15) is 11.0 Å². The van der Waals surface area contributed by atoms with Gasteiger partial charge in [0.25, 0.3) is 5.91 Å². The number of rotatable bonds is 9. The lowest BCUT2D eigenvalue weighted by atomic mass is 9.98. The highest BCUT2D eigenvalue weighted by molar-refractivity contribution is 7.05. The van der Waals surface area contributed by atoms with E-state index in [2.05, 4.69) is 30.0 Å². The number of anilines is 1. The average molecular weight is 491 g/mol. The summed E-state index contributed by atoms with van der Waals surface area (Å²) >= 11 is 1.30. The van der Waals surface area contributed by atoms with Crippen LogP contribution in [0.1, 0.15) is 37.6 Å². The molecule has 4 rings (SSSR count). The highest BCUT2D eigenvalue weighted by Gasteiger charge is 2.23. The van der Waals surface area contributed by atoms with Crippen LogP contribution in [0.25, 0.3) is 11.4 Å². The van der Waals surface area contributed by atoms with Crippen LogP contribution < -0.4 is 10.6 Å². The molecule has 0 saturated carbocycles. The largest absolute Gasteiger partial charge is 0.480 e. The van der Waals surface area contributed by atoms with Crippen LogP contribution in [0.5, 0.6) is 0 Å². The van der Waals surface area contributed by atoms with Crippen molar-refractivity contribution in [2.45, 2.75) is 39.8 Å². The molecule has 1 atom stereocenters. The van der Waals surface area contributed by atoms with Crippen molar-refractivity contribution in [2.24, 2.45) is 0 Å². The van der Waals surface area contributed by atoms with Gasteiger partial charge in [0.15, 0.2) is 11.8 Å². The number of carbonyl (C=O) groups is 2. The Labute approximate surface area is 206 Å². The number of aromatic amines is 1. The average Bonchev–Trinajstić information content (AvgIpc) is 3.49. The van der Waals surface area contributed by atoms with Crippen molar-refractivity contribution in [1.82, 2.24) is 24.6 Å². The molecule has 2 heterocycles. The van der Waals surface area contributed by atoms with Crippen molar-refractivity contribution in [2.75, 3.05) is 5.32 Å². The summed E-state index contributed by atoms with van der Waals surface area (Å²) in [5.74, 6) is -0.198. The number of aliphatic carboxylic acids is 1. The quantitative estimate of drug-likeness (QED) is 0.280. The summed E-state index contributed by atoms with van der Waals surface area (Å²) in [6.45, 7) is 6.18. The van der Waals surface area contributed by atoms with Crippen molar-refractivity contribution in [1.29, 1.82) is 0 Å². The molecular weight excluding hydrogens is 464 g/mol. The molecule has 0 bridgehead atoms. The molecule has 0 fully saturated rings. The Balaban J connectivity index is 1.41. The van der Waals surface area contributed by atoms with E-state index in [9.17, 15) is 14.7 Å². The van der Waals surface area contributed by atoms with E-state index in [1.165, 1.54) is 11.5 Å². The topological polar surface area (TPSA) is 133 Å². The van der Waals surface area contributed by atoms with Crippen molar-refractivity contribution < 1.29 is 14.7 Å². The number of hydrogen-bond donors (Lipinski definition) is 4. The lowest BCUT2D eigenvalue weighted by Gasteiger charge is -2.17. The number of amides is 1. The molecule has 10 heteroatoms. The Bertz CT molecular complexity index is 1310. The fourth-order valence-electron chi connectivity index (χ4n) is 3.96. The fourth-order valence-corrected chi connectivity index (χ4v) is 4.56. The number of nitrogens with zero attached hydrogens (tertiary/aromatic N) is 3. The number of carboxylic acids is 1. The second-order valence-electron chi connectivity index (χ2n) is 8.34. The second kappa shape index (κ2) is 10.5. The van der Waals surface area contributed by atoms with Crippen LogP contribution in [0, 0.1) is 20.8 Å². The molecule has 4 aromatic rings. The molecule has 0 aliphatic rings. The van der Waals surface area contributed by atoms with E-state index in [-0.39, 0.29) is 12.3 Å². The maximum atomic E-state index is 12.9. The van der Waals surface area contributed by atoms with Gasteiger partial charge >= 0.3 is 5.97 Å². The summed E-state index contributed by atoms with van der Waals surface area (Å²) in [7, 11) is 0. The fraction of sp³-hybridized carbons (Fsp3) is 0.240. The molecule has 1 unspecified atom stereocenters. The zero-order chi connectivity index (χ0) is 24.9. The van der Waals surface area contributed by atoms with Crippen LogP contribution in [0.4, 0.5) is 5.95 Å². The number of benzene rings is 2. The smallest absolute Gasteiger partial charge is 0.326 e. The SMILES string of the molecule is Cc1cc(C)c(C(=O)NC(Cc2ccc(-c3nsc(CNc4ncc[nH]4)n3)cc2)C(=O)O)c(C)c1. The molecule has 0 saturated heterocycles. The minimum absolute atomic E-state index is 0.161. The van der Waals surface area contributed by atoms with Gasteiger partial charge in [0.05, 0.1) is 6.54 Å². The van der Waals surface area contributed by atoms with Gasteiger partial charge in [-0.15, -0.1) is 0 Å². The summed E-state index contributed by atoms with van der Waals surface area (Å²) in [5.41, 5.74) is 4.84. The monoisotopic (exact) mass is 490 g/mol. The lowest BCUT2D eigenvalue weighted by Crippen LogP contribution is -2.42. The van der Waals surface area contributed by atoms with Gasteiger partial charge in [-0.2, -0.15) is 4.37 Å². The summed E-state index contributed by atoms with van der Waals surface area (Å²) < 4.78 is 4.41. The van der Waals surface area contributed by atoms with E-state index in [1.807, 2.05) is 57.2 Å². The number of aromatic nitrogens is 4. The van der Waals surface area contributed by atoms with Crippen molar-refractivity contribution in [3.8, 4) is 11.4 Å². The zero-order valence-corrected chi connectivity index (χ0v) is 20.4. The Kier molecular flexibility index (Phi) is 7.21. The third-order valence-corrected chi connectivity index (χ3v) is 6.24. The summed E-state index contributed by atoms with van der Waals surface area (Å²) in [4.78, 5) is 36.4. The molecule has 180 valence electrons. The van der Waals surface area contributed by atoms with Gasteiger partial charge in [-0.25, -0.2) is 14.8 Å². The molecule has 0 aliphatic heterocycles. The van der Waals surface area contributed by atoms with E-state index < -0.39 is 12.0 Å². The van der Waals surface area contributed by atoms with Crippen LogP contribution in [0.2, 0.25) is 0 Å². The normalized spacial score (nSPS) is 11.7. The molecule has 1 amide bonds. The molecule has 9 nitrogen and oxygen atoms in total. The molecule has 2 aromatic heterocycles. The number of carbonyl (C=O) groups excluding carboxylic acids is 1. The number of H-pyrrole nitrogens is 1. The molecule has 2 aromatic carbocycles. The Morgan fingerprint density at radius 1 is 1.11 bits per heavy atom. The second-order valence-corrected chi connectivity index (χ2v) is 9.18. The van der Waals surface area contributed by atoms with Gasteiger partial charge in [0.2, 0.25) is 0 Å². The van der Waals surface area contributed by atoms with Gasteiger partial charge in [-0.1, -0.05) is 42.0 Å². The molecule has 0 radical (unpaired) electrons. The summed E-state index contributed by atoms with van der Waals surface area (Å²) in [5, 5.41) is 16.4. The summed E-state index contributed by atoms with van der Waals surface area (Å²) in [6.07, 6.45) is 3.56. The van der Waals surface area contributed by atoms with E-state index in [1.54, 1.807) is 12.4 Å². The number of imidazole rings is 1. The number of hydrogen-bond acceptors (Lipinski definition) is 7. The molecular formula is C25H26N6O3S. The predicted octanol–water partition coefficient (Wildman–Crippen LogP) is 3.89. The van der Waals surface area contributed by atoms with Crippen LogP contribution in [-0.4, -0.2) is 42.4 Å². The van der Waals surface area contributed by atoms with Gasteiger partial charge in [-0.3, -0.25) is 4.79 Å².